The van der Waals surface area contributed by atoms with E-state index in [1.165, 1.54) is 22.6 Å². The number of ether oxygens (including phenoxy) is 1. The molecular weight excluding hydrogens is 359 g/mol. The molecule has 0 aliphatic carbocycles. The maximum atomic E-state index is 13.5. The minimum Gasteiger partial charge on any atom is -0.371 e. The molecule has 1 fully saturated rings. The quantitative estimate of drug-likeness (QED) is 0.817. The number of rotatable bonds is 4. The Morgan fingerprint density at radius 2 is 2.07 bits per heavy atom. The molecule has 0 spiro atoms. The molecule has 0 unspecified atom stereocenters. The van der Waals surface area contributed by atoms with Crippen molar-refractivity contribution in [3.63, 3.8) is 0 Å². The molecule has 2 aromatic rings. The molecule has 0 aromatic heterocycles. The van der Waals surface area contributed by atoms with E-state index in [-0.39, 0.29) is 30.9 Å². The van der Waals surface area contributed by atoms with Gasteiger partial charge < -0.3 is 14.5 Å². The Bertz CT molecular complexity index is 901. The molecule has 2 amide bonds. The minimum absolute atomic E-state index is 0.0843. The summed E-state index contributed by atoms with van der Waals surface area (Å²) in [4.78, 5) is 28.5. The SMILES string of the molecule is CN(C[C@@H]1OCCc2ccccc21)C(=O)[C@@H]1CC(=O)N(c2cccc(F)c2)C1. The molecule has 2 aliphatic rings. The van der Waals surface area contributed by atoms with Crippen LogP contribution in [0.25, 0.3) is 0 Å². The van der Waals surface area contributed by atoms with E-state index in [2.05, 4.69) is 6.07 Å². The zero-order valence-electron chi connectivity index (χ0n) is 15.8. The summed E-state index contributed by atoms with van der Waals surface area (Å²) < 4.78 is 19.4. The molecular formula is C22H23FN2O3. The first-order chi connectivity index (χ1) is 13.5. The first-order valence-electron chi connectivity index (χ1n) is 9.53. The van der Waals surface area contributed by atoms with Crippen LogP contribution in [0.15, 0.2) is 48.5 Å². The second-order valence-corrected chi connectivity index (χ2v) is 7.41. The summed E-state index contributed by atoms with van der Waals surface area (Å²) >= 11 is 0. The molecule has 28 heavy (non-hydrogen) atoms. The average Bonchev–Trinajstić information content (AvgIpc) is 3.09. The number of hydrogen-bond donors (Lipinski definition) is 0. The predicted octanol–water partition coefficient (Wildman–Crippen LogP) is 2.95. The monoisotopic (exact) mass is 382 g/mol. The molecule has 0 bridgehead atoms. The van der Waals surface area contributed by atoms with Gasteiger partial charge in [-0.1, -0.05) is 30.3 Å². The van der Waals surface area contributed by atoms with Crippen molar-refractivity contribution in [1.82, 2.24) is 4.90 Å². The summed E-state index contributed by atoms with van der Waals surface area (Å²) in [5.41, 5.74) is 2.87. The van der Waals surface area contributed by atoms with Crippen LogP contribution in [0, 0.1) is 11.7 Å². The standard InChI is InChI=1S/C22H23FN2O3/c1-24(14-20-19-8-3-2-5-15(19)9-10-28-20)22(27)16-11-21(26)25(13-16)18-7-4-6-17(23)12-18/h2-8,12,16,20H,9-11,13-14H2,1H3/t16-,20+/m1/s1. The van der Waals surface area contributed by atoms with Crippen LogP contribution in [0.1, 0.15) is 23.7 Å². The highest BCUT2D eigenvalue weighted by Crippen LogP contribution is 2.30. The van der Waals surface area contributed by atoms with Crippen LogP contribution < -0.4 is 4.90 Å². The highest BCUT2D eigenvalue weighted by molar-refractivity contribution is 6.00. The van der Waals surface area contributed by atoms with Crippen LogP contribution in [0.3, 0.4) is 0 Å². The Hall–Kier alpha value is -2.73. The van der Waals surface area contributed by atoms with E-state index in [1.54, 1.807) is 24.1 Å². The first-order valence-corrected chi connectivity index (χ1v) is 9.53. The van der Waals surface area contributed by atoms with Crippen molar-refractivity contribution in [2.45, 2.75) is 18.9 Å². The highest BCUT2D eigenvalue weighted by Gasteiger charge is 2.37. The summed E-state index contributed by atoms with van der Waals surface area (Å²) in [6.07, 6.45) is 0.863. The lowest BCUT2D eigenvalue weighted by atomic mass is 9.97. The molecule has 6 heteroatoms. The third-order valence-corrected chi connectivity index (χ3v) is 5.50. The van der Waals surface area contributed by atoms with Gasteiger partial charge in [-0.15, -0.1) is 0 Å². The molecule has 0 saturated carbocycles. The average molecular weight is 382 g/mol. The van der Waals surface area contributed by atoms with Gasteiger partial charge in [0.2, 0.25) is 11.8 Å². The van der Waals surface area contributed by atoms with E-state index in [4.69, 9.17) is 4.74 Å². The predicted molar refractivity (Wildman–Crippen MR) is 103 cm³/mol. The van der Waals surface area contributed by atoms with Gasteiger partial charge in [0.15, 0.2) is 0 Å². The second kappa shape index (κ2) is 7.72. The van der Waals surface area contributed by atoms with Crippen molar-refractivity contribution in [2.75, 3.05) is 31.6 Å². The molecule has 2 aromatic carbocycles. The number of amides is 2. The van der Waals surface area contributed by atoms with Crippen molar-refractivity contribution >= 4 is 17.5 Å². The number of halogens is 1. The smallest absolute Gasteiger partial charge is 0.227 e. The molecule has 0 radical (unpaired) electrons. The minimum atomic E-state index is -0.431. The summed E-state index contributed by atoms with van der Waals surface area (Å²) in [7, 11) is 1.75. The molecule has 0 N–H and O–H groups in total. The number of nitrogens with zero attached hydrogens (tertiary/aromatic N) is 2. The van der Waals surface area contributed by atoms with Gasteiger partial charge >= 0.3 is 0 Å². The van der Waals surface area contributed by atoms with Gasteiger partial charge in [-0.3, -0.25) is 9.59 Å². The normalized spacial score (nSPS) is 21.5. The Morgan fingerprint density at radius 3 is 2.89 bits per heavy atom. The lowest BCUT2D eigenvalue weighted by Gasteiger charge is -2.30. The lowest BCUT2D eigenvalue weighted by molar-refractivity contribution is -0.136. The fraction of sp³-hybridized carbons (Fsp3) is 0.364. The number of carbonyl (C=O) groups excluding carboxylic acids is 2. The fourth-order valence-electron chi connectivity index (χ4n) is 4.04. The number of fused-ring (bicyclic) bond motifs is 1. The van der Waals surface area contributed by atoms with Crippen molar-refractivity contribution in [2.24, 2.45) is 5.92 Å². The maximum Gasteiger partial charge on any atom is 0.227 e. The Labute approximate surface area is 163 Å². The van der Waals surface area contributed by atoms with Crippen LogP contribution >= 0.6 is 0 Å². The third-order valence-electron chi connectivity index (χ3n) is 5.50. The van der Waals surface area contributed by atoms with Gasteiger partial charge in [0.05, 0.1) is 19.1 Å². The highest BCUT2D eigenvalue weighted by atomic mass is 19.1. The first kappa shape index (κ1) is 18.6. The molecule has 146 valence electrons. The molecule has 5 nitrogen and oxygen atoms in total. The van der Waals surface area contributed by atoms with E-state index >= 15 is 0 Å². The second-order valence-electron chi connectivity index (χ2n) is 7.41. The number of hydrogen-bond acceptors (Lipinski definition) is 3. The molecule has 2 aliphatic heterocycles. The Morgan fingerprint density at radius 1 is 1.25 bits per heavy atom. The van der Waals surface area contributed by atoms with Crippen LogP contribution in [0.5, 0.6) is 0 Å². The number of likely N-dealkylation sites (N-methyl/N-ethyl adjacent to an activating group) is 1. The summed E-state index contributed by atoms with van der Waals surface area (Å²) in [6, 6.07) is 14.0. The lowest BCUT2D eigenvalue weighted by Crippen LogP contribution is -2.38. The van der Waals surface area contributed by atoms with Gasteiger partial charge in [0.25, 0.3) is 0 Å². The molecule has 2 atom stereocenters. The summed E-state index contributed by atoms with van der Waals surface area (Å²) in [6.45, 7) is 1.35. The number of carbonyl (C=O) groups is 2. The van der Waals surface area contributed by atoms with E-state index in [0.717, 1.165) is 12.0 Å². The van der Waals surface area contributed by atoms with Crippen LogP contribution in [0.2, 0.25) is 0 Å². The van der Waals surface area contributed by atoms with Gasteiger partial charge in [0.1, 0.15) is 11.9 Å². The zero-order chi connectivity index (χ0) is 19.7. The van der Waals surface area contributed by atoms with Crippen LogP contribution in [0.4, 0.5) is 10.1 Å². The summed E-state index contributed by atoms with van der Waals surface area (Å²) in [5.74, 6) is -1.07. The van der Waals surface area contributed by atoms with Crippen molar-refractivity contribution < 1.29 is 18.7 Å². The third kappa shape index (κ3) is 3.64. The molecule has 2 heterocycles. The van der Waals surface area contributed by atoms with Crippen LogP contribution in [-0.2, 0) is 20.7 Å². The number of anilines is 1. The van der Waals surface area contributed by atoms with Crippen LogP contribution in [-0.4, -0.2) is 43.5 Å². The van der Waals surface area contributed by atoms with E-state index < -0.39 is 11.7 Å². The van der Waals surface area contributed by atoms with Crippen molar-refractivity contribution in [1.29, 1.82) is 0 Å². The molecule has 4 rings (SSSR count). The van der Waals surface area contributed by atoms with Gasteiger partial charge in [-0.2, -0.15) is 0 Å². The van der Waals surface area contributed by atoms with Gasteiger partial charge in [0, 0.05) is 25.7 Å². The fourth-order valence-corrected chi connectivity index (χ4v) is 4.04. The van der Waals surface area contributed by atoms with E-state index in [9.17, 15) is 14.0 Å². The topological polar surface area (TPSA) is 49.9 Å². The van der Waals surface area contributed by atoms with E-state index in [1.807, 2.05) is 18.2 Å². The maximum absolute atomic E-state index is 13.5. The zero-order valence-corrected chi connectivity index (χ0v) is 15.8. The Balaban J connectivity index is 1.43. The van der Waals surface area contributed by atoms with E-state index in [0.29, 0.717) is 18.8 Å². The largest absolute Gasteiger partial charge is 0.371 e. The molecule has 1 saturated heterocycles. The summed E-state index contributed by atoms with van der Waals surface area (Å²) in [5, 5.41) is 0. The van der Waals surface area contributed by atoms with Crippen molar-refractivity contribution in [3.8, 4) is 0 Å². The number of benzene rings is 2. The Kier molecular flexibility index (Phi) is 5.13. The van der Waals surface area contributed by atoms with Gasteiger partial charge in [-0.05, 0) is 35.7 Å². The van der Waals surface area contributed by atoms with Crippen molar-refractivity contribution in [3.05, 3.63) is 65.5 Å². The van der Waals surface area contributed by atoms with Gasteiger partial charge in [-0.25, -0.2) is 4.39 Å².